The van der Waals surface area contributed by atoms with Crippen molar-refractivity contribution in [2.45, 2.75) is 84.0 Å². The number of aliphatic hydroxyl groups is 1. The molecule has 234 valence electrons. The number of hydrogen-bond donors (Lipinski definition) is 2. The number of nitriles is 1. The molecule has 1 aromatic carbocycles. The quantitative estimate of drug-likeness (QED) is 0.283. The van der Waals surface area contributed by atoms with E-state index in [1.165, 1.54) is 22.8 Å². The van der Waals surface area contributed by atoms with Crippen molar-refractivity contribution >= 4 is 26.2 Å². The smallest absolute Gasteiger partial charge is 0.351 e. The Labute approximate surface area is 256 Å². The Morgan fingerprint density at radius 1 is 1.35 bits per heavy atom. The van der Waals surface area contributed by atoms with Gasteiger partial charge in [0.2, 0.25) is 1.43 Å². The zero-order valence-corrected chi connectivity index (χ0v) is 26.4. The SMILES string of the molecule is [2H]C[C@@]12O[C@@H](n3cc(C)c(NC(=O)c4ccccc4)nc3=O)[C@@H]([C@@H]1OP(OCCC#N)N(C(C)C)C(C)C)N(C)C2=O.[3H]OC. The van der Waals surface area contributed by atoms with Crippen LogP contribution in [0.5, 0.6) is 0 Å². The molecule has 2 aliphatic heterocycles. The van der Waals surface area contributed by atoms with Crippen LogP contribution in [-0.4, -0.2) is 88.1 Å². The van der Waals surface area contributed by atoms with Crippen molar-refractivity contribution in [3.63, 3.8) is 0 Å². The molecule has 4 rings (SSSR count). The molecule has 2 amide bonds. The van der Waals surface area contributed by atoms with Crippen molar-refractivity contribution in [2.75, 3.05) is 26.1 Å². The molecule has 13 nitrogen and oxygen atoms in total. The fourth-order valence-electron chi connectivity index (χ4n) is 5.18. The third-order valence-corrected chi connectivity index (χ3v) is 9.18. The average Bonchev–Trinajstić information content (AvgIpc) is 3.42. The van der Waals surface area contributed by atoms with E-state index in [0.717, 1.165) is 0 Å². The standard InChI is InChI=1S/C28H37N6O6P.CH4O/c1-17(2)34(18(3)4)41(38-15-11-14-29)40-22-21-25(39-28(22,6)26(36)32(21)7)33-16-19(5)23(31-27(33)37)30-24(35)20-12-9-8-10-13-20;1-2/h8-10,12-13,16-18,21-22,25H,11,15H2,1-7H3,(H,30,31,35,37);2H,1H3/t21-,22+,25-,28-,41?;/m1./s1/i6D;2T. The number of likely N-dealkylation sites (tertiary alicyclic amines) is 1. The third kappa shape index (κ3) is 6.96. The lowest BCUT2D eigenvalue weighted by Crippen LogP contribution is -2.49. The van der Waals surface area contributed by atoms with E-state index in [-0.39, 0.29) is 30.9 Å². The van der Waals surface area contributed by atoms with Gasteiger partial charge in [0.05, 0.1) is 19.1 Å². The molecule has 1 unspecified atom stereocenters. The molecule has 43 heavy (non-hydrogen) atoms. The van der Waals surface area contributed by atoms with Crippen molar-refractivity contribution in [1.82, 2.24) is 19.1 Å². The number of carbonyl (C=O) groups excluding carboxylic acids is 2. The number of aromatic nitrogens is 2. The number of nitrogens with zero attached hydrogens (tertiary/aromatic N) is 5. The van der Waals surface area contributed by atoms with Crippen molar-refractivity contribution < 1.29 is 29.9 Å². The average molecular weight is 620 g/mol. The van der Waals surface area contributed by atoms with Crippen molar-refractivity contribution in [3.05, 3.63) is 58.1 Å². The van der Waals surface area contributed by atoms with Gasteiger partial charge in [-0.05, 0) is 53.7 Å². The van der Waals surface area contributed by atoms with E-state index in [2.05, 4.69) is 21.5 Å². The normalized spacial score (nSPS) is 24.0. The van der Waals surface area contributed by atoms with Gasteiger partial charge in [-0.15, -0.1) is 0 Å². The summed E-state index contributed by atoms with van der Waals surface area (Å²) in [6.07, 6.45) is -0.247. The summed E-state index contributed by atoms with van der Waals surface area (Å²) in [5.41, 5.74) is -1.44. The van der Waals surface area contributed by atoms with E-state index in [1.807, 2.05) is 32.4 Å². The van der Waals surface area contributed by atoms with E-state index < -0.39 is 56.9 Å². The monoisotopic (exact) mass is 619 g/mol. The first-order valence-electron chi connectivity index (χ1n) is 14.9. The van der Waals surface area contributed by atoms with Gasteiger partial charge in [-0.3, -0.25) is 14.2 Å². The van der Waals surface area contributed by atoms with Gasteiger partial charge in [0.25, 0.3) is 20.3 Å². The molecule has 2 N–H and O–H groups in total. The van der Waals surface area contributed by atoms with Crippen LogP contribution in [0.2, 0.25) is 0 Å². The highest BCUT2D eigenvalue weighted by molar-refractivity contribution is 7.44. The van der Waals surface area contributed by atoms with Crippen LogP contribution in [0, 0.1) is 18.3 Å². The van der Waals surface area contributed by atoms with Gasteiger partial charge in [0, 0.05) is 44.9 Å². The number of fused-ring (bicyclic) bond motifs is 2. The lowest BCUT2D eigenvalue weighted by Gasteiger charge is -2.37. The van der Waals surface area contributed by atoms with Gasteiger partial charge < -0.3 is 29.1 Å². The Morgan fingerprint density at radius 3 is 2.58 bits per heavy atom. The van der Waals surface area contributed by atoms with Crippen LogP contribution in [-0.2, 0) is 18.6 Å². The number of aryl methyl sites for hydroxylation is 1. The summed E-state index contributed by atoms with van der Waals surface area (Å²) in [5.74, 6) is -0.712. The first-order valence-corrected chi connectivity index (χ1v) is 15.0. The Kier molecular flexibility index (Phi) is 10.5. The van der Waals surface area contributed by atoms with Gasteiger partial charge >= 0.3 is 5.69 Å². The maximum absolute atomic E-state index is 13.4. The summed E-state index contributed by atoms with van der Waals surface area (Å²) in [6, 6.07) is 9.91. The molecule has 3 heterocycles. The molecule has 0 aliphatic carbocycles. The van der Waals surface area contributed by atoms with Gasteiger partial charge in [-0.2, -0.15) is 10.2 Å². The predicted molar refractivity (Wildman–Crippen MR) is 161 cm³/mol. The number of ether oxygens (including phenoxy) is 1. The minimum atomic E-state index is -1.76. The predicted octanol–water partition coefficient (Wildman–Crippen LogP) is 3.20. The van der Waals surface area contributed by atoms with Crippen LogP contribution >= 0.6 is 8.53 Å². The molecule has 2 saturated heterocycles. The minimum absolute atomic E-state index is 0.0162. The highest BCUT2D eigenvalue weighted by atomic mass is 31.2. The summed E-state index contributed by atoms with van der Waals surface area (Å²) < 4.78 is 36.3. The molecule has 0 radical (unpaired) electrons. The van der Waals surface area contributed by atoms with Gasteiger partial charge in [-0.25, -0.2) is 9.46 Å². The Balaban J connectivity index is 0.00000177. The number of rotatable bonds is 11. The molecule has 0 spiro atoms. The second-order valence-corrected chi connectivity index (χ2v) is 12.1. The highest BCUT2D eigenvalue weighted by Gasteiger charge is 2.68. The van der Waals surface area contributed by atoms with E-state index >= 15 is 0 Å². The summed E-state index contributed by atoms with van der Waals surface area (Å²) in [6.45, 7) is 9.39. The number of nitrogens with one attached hydrogen (secondary N) is 1. The summed E-state index contributed by atoms with van der Waals surface area (Å²) in [5, 5.41) is 15.2. The van der Waals surface area contributed by atoms with E-state index in [0.29, 0.717) is 11.1 Å². The molecule has 1 aromatic heterocycles. The number of amides is 2. The summed E-state index contributed by atoms with van der Waals surface area (Å²) in [4.78, 5) is 45.0. The van der Waals surface area contributed by atoms with E-state index in [9.17, 15) is 14.4 Å². The number of anilines is 1. The minimum Gasteiger partial charge on any atom is -0.400 e. The van der Waals surface area contributed by atoms with Crippen LogP contribution in [0.1, 0.15) is 64.5 Å². The summed E-state index contributed by atoms with van der Waals surface area (Å²) >= 11 is 0. The first kappa shape index (κ1) is 31.2. The molecule has 14 heteroatoms. The second-order valence-electron chi connectivity index (χ2n) is 10.7. The molecule has 0 saturated carbocycles. The Bertz CT molecular complexity index is 1420. The molecular formula is C29H41N6O7P. The van der Waals surface area contributed by atoms with Crippen molar-refractivity contribution in [2.24, 2.45) is 0 Å². The highest BCUT2D eigenvalue weighted by Crippen LogP contribution is 2.55. The number of benzene rings is 1. The van der Waals surface area contributed by atoms with E-state index in [4.69, 9.17) is 21.8 Å². The number of aliphatic hydroxyl groups excluding tert-OH is 1. The Hall–Kier alpha value is -3.24. The van der Waals surface area contributed by atoms with E-state index in [1.54, 1.807) is 44.3 Å². The molecule has 2 aliphatic rings. The molecular weight excluding hydrogens is 575 g/mol. The number of likely N-dealkylation sites (N-methyl/N-ethyl adjacent to an activating group) is 1. The van der Waals surface area contributed by atoms with Crippen LogP contribution in [0.3, 0.4) is 0 Å². The van der Waals surface area contributed by atoms with Crippen LogP contribution in [0.15, 0.2) is 41.3 Å². The van der Waals surface area contributed by atoms with Gasteiger partial charge in [0.15, 0.2) is 11.8 Å². The fraction of sp³-hybridized carbons (Fsp3) is 0.552. The molecule has 2 fully saturated rings. The summed E-state index contributed by atoms with van der Waals surface area (Å²) in [7, 11) is 1.12. The topological polar surface area (TPSA) is 159 Å². The van der Waals surface area contributed by atoms with Crippen LogP contribution < -0.4 is 11.0 Å². The van der Waals surface area contributed by atoms with Gasteiger partial charge in [-0.1, -0.05) is 18.2 Å². The maximum Gasteiger partial charge on any atom is 0.351 e. The zero-order chi connectivity index (χ0) is 33.5. The first-order chi connectivity index (χ1) is 21.4. The number of carbonyl (C=O) groups is 2. The molecule has 2 aromatic rings. The van der Waals surface area contributed by atoms with Crippen LogP contribution in [0.4, 0.5) is 5.82 Å². The van der Waals surface area contributed by atoms with Crippen molar-refractivity contribution in [1.29, 1.82) is 6.69 Å². The second kappa shape index (κ2) is 14.5. The Morgan fingerprint density at radius 2 is 2.00 bits per heavy atom. The number of morpholine rings is 1. The van der Waals surface area contributed by atoms with Crippen LogP contribution in [0.25, 0.3) is 0 Å². The fourth-order valence-corrected chi connectivity index (χ4v) is 6.98. The largest absolute Gasteiger partial charge is 0.400 e. The number of hydrogen-bond acceptors (Lipinski definition) is 10. The lowest BCUT2D eigenvalue weighted by molar-refractivity contribution is -0.171. The lowest BCUT2D eigenvalue weighted by atomic mass is 10.0. The molecule has 2 bridgehead atoms. The zero-order valence-electron chi connectivity index (χ0n) is 27.5. The maximum atomic E-state index is 13.4. The molecule has 5 atom stereocenters. The third-order valence-electron chi connectivity index (χ3n) is 7.07. The van der Waals surface area contributed by atoms with Gasteiger partial charge in [0.1, 0.15) is 18.0 Å². The van der Waals surface area contributed by atoms with Crippen molar-refractivity contribution in [3.8, 4) is 6.07 Å².